The van der Waals surface area contributed by atoms with Crippen molar-refractivity contribution in [2.75, 3.05) is 24.2 Å². The normalized spacial score (nSPS) is 16.8. The number of fused-ring (bicyclic) bond motifs is 1. The molecular weight excluding hydrogens is 346 g/mol. The minimum Gasteiger partial charge on any atom is -0.464 e. The minimum absolute atomic E-state index is 0.0557. The number of aromatic nitrogens is 3. The van der Waals surface area contributed by atoms with E-state index in [2.05, 4.69) is 19.9 Å². The van der Waals surface area contributed by atoms with E-state index < -0.39 is 24.0 Å². The topological polar surface area (TPSA) is 71.5 Å². The number of hydrogen-bond donors (Lipinski definition) is 0. The van der Waals surface area contributed by atoms with Gasteiger partial charge in [-0.2, -0.15) is 18.3 Å². The van der Waals surface area contributed by atoms with Gasteiger partial charge in [-0.05, 0) is 12.1 Å². The molecule has 25 heavy (non-hydrogen) atoms. The highest BCUT2D eigenvalue weighted by Crippen LogP contribution is 2.45. The Labute approximate surface area is 138 Å². The summed E-state index contributed by atoms with van der Waals surface area (Å²) >= 11 is 0. The van der Waals surface area contributed by atoms with Crippen LogP contribution >= 0.6 is 0 Å². The molecule has 1 aliphatic rings. The van der Waals surface area contributed by atoms with Crippen LogP contribution in [0.2, 0.25) is 0 Å². The molecule has 0 aliphatic carbocycles. The lowest BCUT2D eigenvalue weighted by Gasteiger charge is -2.23. The summed E-state index contributed by atoms with van der Waals surface area (Å²) < 4.78 is 57.5. The van der Waals surface area contributed by atoms with E-state index in [0.29, 0.717) is 6.07 Å². The van der Waals surface area contributed by atoms with E-state index in [1.165, 1.54) is 37.3 Å². The molecule has 0 aromatic carbocycles. The van der Waals surface area contributed by atoms with E-state index in [0.717, 1.165) is 0 Å². The number of carbonyl (C=O) groups is 1. The molecular formula is C14H11F4N5O2. The van der Waals surface area contributed by atoms with Gasteiger partial charge in [0.05, 0.1) is 12.8 Å². The van der Waals surface area contributed by atoms with Crippen LogP contribution in [-0.4, -0.2) is 35.3 Å². The Hall–Kier alpha value is -2.98. The second kappa shape index (κ2) is 5.83. The van der Waals surface area contributed by atoms with Crippen LogP contribution in [0, 0.1) is 0 Å². The van der Waals surface area contributed by atoms with Crippen LogP contribution in [0.5, 0.6) is 0 Å². The molecule has 0 N–H and O–H groups in total. The van der Waals surface area contributed by atoms with Gasteiger partial charge in [0.2, 0.25) is 0 Å². The maximum absolute atomic E-state index is 14.7. The predicted octanol–water partition coefficient (Wildman–Crippen LogP) is 2.52. The van der Waals surface area contributed by atoms with Crippen molar-refractivity contribution in [3.63, 3.8) is 0 Å². The number of pyridine rings is 1. The molecule has 0 saturated carbocycles. The Morgan fingerprint density at radius 3 is 2.64 bits per heavy atom. The summed E-state index contributed by atoms with van der Waals surface area (Å²) in [6.45, 7) is 0. The Balaban J connectivity index is 2.01. The van der Waals surface area contributed by atoms with Crippen LogP contribution in [0.25, 0.3) is 0 Å². The largest absolute Gasteiger partial charge is 0.464 e. The van der Waals surface area contributed by atoms with Gasteiger partial charge in [-0.25, -0.2) is 9.78 Å². The van der Waals surface area contributed by atoms with Crippen molar-refractivity contribution in [2.45, 2.75) is 12.3 Å². The third-order valence-corrected chi connectivity index (χ3v) is 3.62. The minimum atomic E-state index is -4.75. The monoisotopic (exact) mass is 357 g/mol. The fourth-order valence-electron chi connectivity index (χ4n) is 2.45. The van der Waals surface area contributed by atoms with Crippen LogP contribution in [0.3, 0.4) is 0 Å². The molecule has 1 unspecified atom stereocenters. The van der Waals surface area contributed by atoms with Gasteiger partial charge in [0, 0.05) is 13.1 Å². The zero-order valence-electron chi connectivity index (χ0n) is 13.0. The molecule has 0 bridgehead atoms. The van der Waals surface area contributed by atoms with Crippen LogP contribution in [0.4, 0.5) is 29.2 Å². The number of hydrogen-bond acceptors (Lipinski definition) is 7. The lowest BCUT2D eigenvalue weighted by molar-refractivity contribution is -0.141. The van der Waals surface area contributed by atoms with Crippen molar-refractivity contribution in [2.24, 2.45) is 0 Å². The molecule has 1 aliphatic heterocycles. The lowest BCUT2D eigenvalue weighted by atomic mass is 10.2. The van der Waals surface area contributed by atoms with E-state index >= 15 is 0 Å². The standard InChI is InChI=1S/C14H11F4N5O2/c1-22-11-9(6-10(20-21-11)14(15,16)17)23(18)12(22)7-4-3-5-8(19-7)13(24)25-2/h3-6,12H,1-2H3. The molecule has 2 aromatic rings. The fourth-order valence-corrected chi connectivity index (χ4v) is 2.45. The molecule has 0 fully saturated rings. The zero-order chi connectivity index (χ0) is 18.4. The Morgan fingerprint density at radius 1 is 1.28 bits per heavy atom. The number of halogens is 4. The highest BCUT2D eigenvalue weighted by molar-refractivity contribution is 5.87. The average Bonchev–Trinajstić information content (AvgIpc) is 2.84. The van der Waals surface area contributed by atoms with Gasteiger partial charge in [-0.1, -0.05) is 10.5 Å². The number of methoxy groups -OCH3 is 1. The van der Waals surface area contributed by atoms with Crippen LogP contribution < -0.4 is 10.0 Å². The second-order valence-electron chi connectivity index (χ2n) is 5.17. The average molecular weight is 357 g/mol. The van der Waals surface area contributed by atoms with Gasteiger partial charge in [0.1, 0.15) is 11.4 Å². The van der Waals surface area contributed by atoms with Gasteiger partial charge < -0.3 is 9.64 Å². The summed E-state index contributed by atoms with van der Waals surface area (Å²) in [5, 5.41) is 6.65. The van der Waals surface area contributed by atoms with Gasteiger partial charge >= 0.3 is 12.1 Å². The Bertz CT molecular complexity index is 829. The summed E-state index contributed by atoms with van der Waals surface area (Å²) in [5.74, 6) is -0.796. The second-order valence-corrected chi connectivity index (χ2v) is 5.17. The fraction of sp³-hybridized carbons (Fsp3) is 0.286. The third-order valence-electron chi connectivity index (χ3n) is 3.62. The van der Waals surface area contributed by atoms with Crippen molar-refractivity contribution < 1.29 is 27.2 Å². The first-order valence-electron chi connectivity index (χ1n) is 6.92. The number of esters is 1. The highest BCUT2D eigenvalue weighted by atomic mass is 19.4. The van der Waals surface area contributed by atoms with Gasteiger partial charge in [0.25, 0.3) is 0 Å². The van der Waals surface area contributed by atoms with E-state index in [9.17, 15) is 22.4 Å². The smallest absolute Gasteiger partial charge is 0.435 e. The van der Waals surface area contributed by atoms with Crippen LogP contribution in [-0.2, 0) is 10.9 Å². The predicted molar refractivity (Wildman–Crippen MR) is 77.3 cm³/mol. The molecule has 0 amide bonds. The summed E-state index contributed by atoms with van der Waals surface area (Å²) in [7, 11) is 2.60. The molecule has 0 spiro atoms. The first-order chi connectivity index (χ1) is 11.7. The van der Waals surface area contributed by atoms with Crippen molar-refractivity contribution in [3.8, 4) is 0 Å². The molecule has 0 saturated heterocycles. The van der Waals surface area contributed by atoms with Crippen molar-refractivity contribution in [3.05, 3.63) is 41.3 Å². The summed E-state index contributed by atoms with van der Waals surface area (Å²) in [6, 6.07) is 4.85. The van der Waals surface area contributed by atoms with Crippen molar-refractivity contribution in [1.82, 2.24) is 15.2 Å². The molecule has 11 heteroatoms. The Morgan fingerprint density at radius 2 is 2.00 bits per heavy atom. The quantitative estimate of drug-likeness (QED) is 0.465. The lowest BCUT2D eigenvalue weighted by Crippen LogP contribution is -2.29. The van der Waals surface area contributed by atoms with E-state index in [1.54, 1.807) is 0 Å². The van der Waals surface area contributed by atoms with Crippen LogP contribution in [0.15, 0.2) is 24.3 Å². The first kappa shape index (κ1) is 16.9. The first-order valence-corrected chi connectivity index (χ1v) is 6.92. The number of nitrogens with zero attached hydrogens (tertiary/aromatic N) is 5. The van der Waals surface area contributed by atoms with Gasteiger partial charge in [-0.15, -0.1) is 10.2 Å². The molecule has 7 nitrogen and oxygen atoms in total. The maximum Gasteiger partial charge on any atom is 0.435 e. The molecule has 0 radical (unpaired) electrons. The number of carbonyl (C=O) groups excluding carboxylic acids is 1. The summed E-state index contributed by atoms with van der Waals surface area (Å²) in [5.41, 5.74) is -1.65. The summed E-state index contributed by atoms with van der Waals surface area (Å²) in [6.07, 6.45) is -5.94. The number of alkyl halides is 3. The van der Waals surface area contributed by atoms with Gasteiger partial charge in [-0.3, -0.25) is 0 Å². The number of ether oxygens (including phenoxy) is 1. The van der Waals surface area contributed by atoms with Crippen molar-refractivity contribution in [1.29, 1.82) is 0 Å². The summed E-state index contributed by atoms with van der Waals surface area (Å²) in [4.78, 5) is 16.8. The van der Waals surface area contributed by atoms with E-state index in [4.69, 9.17) is 0 Å². The third kappa shape index (κ3) is 2.81. The van der Waals surface area contributed by atoms with Crippen molar-refractivity contribution >= 4 is 17.5 Å². The SMILES string of the molecule is COC(=O)c1cccc(C2N(C)c3nnc(C(F)(F)F)cc3N2F)n1. The molecule has 3 heterocycles. The highest BCUT2D eigenvalue weighted by Gasteiger charge is 2.42. The van der Waals surface area contributed by atoms with Gasteiger partial charge in [0.15, 0.2) is 17.7 Å². The van der Waals surface area contributed by atoms with E-state index in [-0.39, 0.29) is 28.0 Å². The van der Waals surface area contributed by atoms with E-state index in [1.807, 2.05) is 0 Å². The molecule has 2 aromatic heterocycles. The zero-order valence-corrected chi connectivity index (χ0v) is 13.0. The number of anilines is 2. The molecule has 1 atom stereocenters. The number of rotatable bonds is 2. The Kier molecular flexibility index (Phi) is 3.93. The molecule has 132 valence electrons. The molecule has 3 rings (SSSR count). The van der Waals surface area contributed by atoms with Crippen LogP contribution in [0.1, 0.15) is 28.0 Å². The maximum atomic E-state index is 14.7.